The van der Waals surface area contributed by atoms with E-state index < -0.39 is 5.92 Å². The molecule has 0 fully saturated rings. The van der Waals surface area contributed by atoms with Crippen LogP contribution in [0.5, 0.6) is 0 Å². The highest BCUT2D eigenvalue weighted by Crippen LogP contribution is 2.44. The monoisotopic (exact) mass is 325 g/mol. The molecule has 1 aromatic heterocycles. The Kier molecular flexibility index (Phi) is 3.90. The molecule has 2 aromatic rings. The normalized spacial score (nSPS) is 16.0. The number of benzene rings is 1. The lowest BCUT2D eigenvalue weighted by molar-refractivity contribution is -0.00650. The number of hydrogen-bond donors (Lipinski definition) is 1. The summed E-state index contributed by atoms with van der Waals surface area (Å²) in [6.07, 6.45) is 1.89. The Bertz CT molecular complexity index is 675. The first-order valence-corrected chi connectivity index (χ1v) is 8.46. The maximum atomic E-state index is 13.9. The molecule has 1 aliphatic rings. The molecular weight excluding hydrogens is 312 g/mol. The highest BCUT2D eigenvalue weighted by atomic mass is 32.2. The molecule has 0 saturated heterocycles. The first kappa shape index (κ1) is 14.7. The second kappa shape index (κ2) is 5.55. The van der Waals surface area contributed by atoms with Crippen molar-refractivity contribution < 1.29 is 8.78 Å². The Hall–Kier alpha value is -1.18. The Balaban J connectivity index is 2.15. The highest BCUT2D eigenvalue weighted by molar-refractivity contribution is 7.98. The maximum Gasteiger partial charge on any atom is 0.290 e. The van der Waals surface area contributed by atoms with Crippen molar-refractivity contribution in [2.45, 2.75) is 28.8 Å². The van der Waals surface area contributed by atoms with Crippen LogP contribution in [0.1, 0.15) is 17.7 Å². The predicted octanol–water partition coefficient (Wildman–Crippen LogP) is 3.87. The van der Waals surface area contributed by atoms with Crippen molar-refractivity contribution in [3.8, 4) is 11.3 Å². The van der Waals surface area contributed by atoms with Crippen molar-refractivity contribution in [2.75, 3.05) is 6.26 Å². The van der Waals surface area contributed by atoms with Crippen molar-refractivity contribution in [3.63, 3.8) is 0 Å². The summed E-state index contributed by atoms with van der Waals surface area (Å²) in [5, 5.41) is 5.88. The molecule has 0 radical (unpaired) electrons. The van der Waals surface area contributed by atoms with E-state index in [9.17, 15) is 8.78 Å². The lowest BCUT2D eigenvalue weighted by Crippen LogP contribution is -2.11. The summed E-state index contributed by atoms with van der Waals surface area (Å²) in [4.78, 5) is 9.37. The fraction of sp³-hybridized carbons (Fsp3) is 0.286. The Labute approximate surface area is 129 Å². The van der Waals surface area contributed by atoms with Gasteiger partial charge in [-0.05, 0) is 36.8 Å². The number of nitrogens with zero attached hydrogens (tertiary/aromatic N) is 2. The van der Waals surface area contributed by atoms with Crippen LogP contribution in [-0.2, 0) is 12.3 Å². The van der Waals surface area contributed by atoms with Crippen LogP contribution < -0.4 is 5.14 Å². The van der Waals surface area contributed by atoms with Crippen LogP contribution in [0.4, 0.5) is 8.78 Å². The molecule has 0 spiro atoms. The minimum absolute atomic E-state index is 0.117. The molecule has 0 bridgehead atoms. The van der Waals surface area contributed by atoms with Gasteiger partial charge in [-0.1, -0.05) is 23.9 Å². The van der Waals surface area contributed by atoms with Gasteiger partial charge in [0.25, 0.3) is 5.92 Å². The average molecular weight is 325 g/mol. The van der Waals surface area contributed by atoms with Crippen molar-refractivity contribution in [1.29, 1.82) is 0 Å². The van der Waals surface area contributed by atoms with Crippen LogP contribution in [0, 0.1) is 0 Å². The lowest BCUT2D eigenvalue weighted by Gasteiger charge is -2.12. The summed E-state index contributed by atoms with van der Waals surface area (Å²) >= 11 is 2.42. The smallest absolute Gasteiger partial charge is 0.274 e. The van der Waals surface area contributed by atoms with E-state index in [2.05, 4.69) is 9.97 Å². The summed E-state index contributed by atoms with van der Waals surface area (Å²) in [5.41, 5.74) is 1.87. The number of halogens is 2. The van der Waals surface area contributed by atoms with Crippen LogP contribution in [-0.4, -0.2) is 16.2 Å². The average Bonchev–Trinajstić information content (AvgIpc) is 2.82. The molecule has 0 atom stereocenters. The lowest BCUT2D eigenvalue weighted by atomic mass is 10.1. The van der Waals surface area contributed by atoms with Gasteiger partial charge in [-0.3, -0.25) is 5.14 Å². The van der Waals surface area contributed by atoms with E-state index in [1.807, 2.05) is 24.3 Å². The van der Waals surface area contributed by atoms with Gasteiger partial charge in [0.15, 0.2) is 5.16 Å². The molecule has 21 heavy (non-hydrogen) atoms. The second-order valence-electron chi connectivity index (χ2n) is 4.73. The Morgan fingerprint density at radius 3 is 2.52 bits per heavy atom. The van der Waals surface area contributed by atoms with E-state index in [0.29, 0.717) is 22.8 Å². The standard InChI is InChI=1S/C14H13F2N3S2/c1-20-13-18-11(8-2-4-9(21-17)5-3-8)10-6-7-14(15,16)12(10)19-13/h2-5H,6-7,17H2,1H3. The number of alkyl halides is 2. The van der Waals surface area contributed by atoms with Crippen molar-refractivity contribution in [2.24, 2.45) is 5.14 Å². The molecule has 0 saturated carbocycles. The summed E-state index contributed by atoms with van der Waals surface area (Å²) in [7, 11) is 0. The largest absolute Gasteiger partial charge is 0.290 e. The fourth-order valence-electron chi connectivity index (χ4n) is 2.42. The first-order chi connectivity index (χ1) is 10.0. The van der Waals surface area contributed by atoms with E-state index in [0.717, 1.165) is 22.4 Å². The summed E-state index contributed by atoms with van der Waals surface area (Å²) in [6, 6.07) is 7.44. The molecule has 3 nitrogen and oxygen atoms in total. The molecule has 1 aliphatic carbocycles. The van der Waals surface area contributed by atoms with Crippen LogP contribution in [0.15, 0.2) is 34.3 Å². The van der Waals surface area contributed by atoms with Crippen molar-refractivity contribution in [1.82, 2.24) is 9.97 Å². The SMILES string of the molecule is CSc1nc(-c2ccc(SN)cc2)c2c(n1)C(F)(F)CC2. The third-order valence-corrected chi connectivity index (χ3v) is 4.56. The number of rotatable bonds is 3. The van der Waals surface area contributed by atoms with Gasteiger partial charge in [-0.25, -0.2) is 9.97 Å². The van der Waals surface area contributed by atoms with E-state index in [-0.39, 0.29) is 12.1 Å². The molecular formula is C14H13F2N3S2. The molecule has 0 unspecified atom stereocenters. The number of aromatic nitrogens is 2. The van der Waals surface area contributed by atoms with Crippen LogP contribution >= 0.6 is 23.7 Å². The number of nitrogens with two attached hydrogens (primary N) is 1. The minimum Gasteiger partial charge on any atom is -0.274 e. The Morgan fingerprint density at radius 2 is 1.90 bits per heavy atom. The van der Waals surface area contributed by atoms with Gasteiger partial charge < -0.3 is 0 Å². The molecule has 3 rings (SSSR count). The van der Waals surface area contributed by atoms with E-state index in [1.54, 1.807) is 6.26 Å². The van der Waals surface area contributed by atoms with E-state index in [4.69, 9.17) is 5.14 Å². The van der Waals surface area contributed by atoms with E-state index >= 15 is 0 Å². The van der Waals surface area contributed by atoms with Crippen LogP contribution in [0.3, 0.4) is 0 Å². The van der Waals surface area contributed by atoms with E-state index in [1.165, 1.54) is 11.8 Å². The van der Waals surface area contributed by atoms with Gasteiger partial charge in [0, 0.05) is 22.4 Å². The topological polar surface area (TPSA) is 51.8 Å². The summed E-state index contributed by atoms with van der Waals surface area (Å²) < 4.78 is 27.9. The zero-order valence-corrected chi connectivity index (χ0v) is 12.9. The van der Waals surface area contributed by atoms with Gasteiger partial charge in [0.05, 0.1) is 5.69 Å². The first-order valence-electron chi connectivity index (χ1n) is 6.35. The number of fused-ring (bicyclic) bond motifs is 1. The van der Waals surface area contributed by atoms with Gasteiger partial charge in [0.2, 0.25) is 0 Å². The quantitative estimate of drug-likeness (QED) is 0.527. The molecule has 0 amide bonds. The van der Waals surface area contributed by atoms with Crippen LogP contribution in [0.25, 0.3) is 11.3 Å². The zero-order valence-electron chi connectivity index (χ0n) is 11.3. The third-order valence-electron chi connectivity index (χ3n) is 3.47. The number of thioether (sulfide) groups is 1. The molecule has 7 heteroatoms. The third kappa shape index (κ3) is 2.65. The molecule has 0 aliphatic heterocycles. The van der Waals surface area contributed by atoms with Gasteiger partial charge >= 0.3 is 0 Å². The minimum atomic E-state index is -2.86. The molecule has 2 N–H and O–H groups in total. The predicted molar refractivity (Wildman–Crippen MR) is 81.5 cm³/mol. The van der Waals surface area contributed by atoms with Gasteiger partial charge in [-0.2, -0.15) is 8.78 Å². The maximum absolute atomic E-state index is 13.9. The van der Waals surface area contributed by atoms with Crippen molar-refractivity contribution in [3.05, 3.63) is 35.5 Å². The molecule has 1 aromatic carbocycles. The van der Waals surface area contributed by atoms with Crippen LogP contribution in [0.2, 0.25) is 0 Å². The highest BCUT2D eigenvalue weighted by Gasteiger charge is 2.43. The Morgan fingerprint density at radius 1 is 1.19 bits per heavy atom. The zero-order chi connectivity index (χ0) is 15.0. The van der Waals surface area contributed by atoms with Gasteiger partial charge in [0.1, 0.15) is 5.69 Å². The number of hydrogen-bond acceptors (Lipinski definition) is 5. The summed E-state index contributed by atoms with van der Waals surface area (Å²) in [5.74, 6) is -2.86. The second-order valence-corrected chi connectivity index (χ2v) is 6.21. The molecule has 1 heterocycles. The van der Waals surface area contributed by atoms with Gasteiger partial charge in [-0.15, -0.1) is 0 Å². The summed E-state index contributed by atoms with van der Waals surface area (Å²) in [6.45, 7) is 0. The van der Waals surface area contributed by atoms with Crippen molar-refractivity contribution >= 4 is 23.7 Å². The fourth-order valence-corrected chi connectivity index (χ4v) is 3.08. The molecule has 110 valence electrons.